The molecule has 2 N–H and O–H groups in total. The van der Waals surface area contributed by atoms with Gasteiger partial charge >= 0.3 is 0 Å². The summed E-state index contributed by atoms with van der Waals surface area (Å²) in [5.41, 5.74) is 0. The molecule has 0 spiro atoms. The smallest absolute Gasteiger partial charge is 0.233 e. The van der Waals surface area contributed by atoms with E-state index in [0.717, 1.165) is 25.9 Å². The van der Waals surface area contributed by atoms with E-state index >= 15 is 0 Å². The number of hydrogen-bond acceptors (Lipinski definition) is 4. The molecule has 1 aliphatic heterocycles. The molecule has 16 heavy (non-hydrogen) atoms. The summed E-state index contributed by atoms with van der Waals surface area (Å²) in [6, 6.07) is 3.62. The second kappa shape index (κ2) is 5.16. The quantitative estimate of drug-likeness (QED) is 0.862. The van der Waals surface area contributed by atoms with E-state index in [2.05, 4.69) is 10.0 Å². The summed E-state index contributed by atoms with van der Waals surface area (Å²) < 4.78 is 26.3. The van der Waals surface area contributed by atoms with Crippen molar-refractivity contribution in [1.29, 1.82) is 0 Å². The van der Waals surface area contributed by atoms with E-state index in [0.29, 0.717) is 5.00 Å². The van der Waals surface area contributed by atoms with Crippen LogP contribution in [0.5, 0.6) is 0 Å². The van der Waals surface area contributed by atoms with Gasteiger partial charge in [-0.2, -0.15) is 0 Å². The summed E-state index contributed by atoms with van der Waals surface area (Å²) in [5, 5.41) is 5.79. The Labute approximate surface area is 100 Å². The van der Waals surface area contributed by atoms with Crippen molar-refractivity contribution in [3.8, 4) is 0 Å². The number of sulfonamides is 1. The van der Waals surface area contributed by atoms with Gasteiger partial charge in [-0.15, -0.1) is 11.3 Å². The van der Waals surface area contributed by atoms with Crippen LogP contribution in [0, 0.1) is 5.92 Å². The fraction of sp³-hybridized carbons (Fsp3) is 0.600. The molecule has 1 aromatic heterocycles. The third kappa shape index (κ3) is 3.47. The molecule has 0 radical (unpaired) electrons. The van der Waals surface area contributed by atoms with Crippen LogP contribution in [0.1, 0.15) is 12.8 Å². The van der Waals surface area contributed by atoms with Gasteiger partial charge in [-0.1, -0.05) is 0 Å². The van der Waals surface area contributed by atoms with Crippen molar-refractivity contribution in [3.05, 3.63) is 17.5 Å². The van der Waals surface area contributed by atoms with Crippen molar-refractivity contribution in [2.24, 2.45) is 5.92 Å². The first-order chi connectivity index (χ1) is 7.66. The molecule has 4 nitrogen and oxygen atoms in total. The first-order valence-corrected chi connectivity index (χ1v) is 7.94. The maximum Gasteiger partial charge on any atom is 0.233 e. The minimum absolute atomic E-state index is 0.220. The predicted molar refractivity (Wildman–Crippen MR) is 67.3 cm³/mol. The van der Waals surface area contributed by atoms with Gasteiger partial charge in [-0.05, 0) is 49.4 Å². The molecule has 0 aliphatic carbocycles. The summed E-state index contributed by atoms with van der Waals surface area (Å²) in [5.74, 6) is 0.462. The first kappa shape index (κ1) is 11.9. The number of hydrogen-bond donors (Lipinski definition) is 2. The largest absolute Gasteiger partial charge is 0.316 e. The highest BCUT2D eigenvalue weighted by atomic mass is 32.2. The van der Waals surface area contributed by atoms with Gasteiger partial charge in [0.2, 0.25) is 10.0 Å². The summed E-state index contributed by atoms with van der Waals surface area (Å²) in [4.78, 5) is 0. The topological polar surface area (TPSA) is 58.2 Å². The highest BCUT2D eigenvalue weighted by molar-refractivity contribution is 7.92. The Morgan fingerprint density at radius 1 is 1.56 bits per heavy atom. The summed E-state index contributed by atoms with van der Waals surface area (Å²) in [7, 11) is -3.18. The molecule has 6 heteroatoms. The Balaban J connectivity index is 1.92. The predicted octanol–water partition coefficient (Wildman–Crippen LogP) is 1.49. The zero-order chi connectivity index (χ0) is 11.4. The molecule has 0 amide bonds. The van der Waals surface area contributed by atoms with Crippen LogP contribution in [0.2, 0.25) is 0 Å². The maximum atomic E-state index is 11.8. The van der Waals surface area contributed by atoms with Crippen LogP contribution in [-0.4, -0.2) is 27.3 Å². The average molecular weight is 260 g/mol. The average Bonchev–Trinajstić information content (AvgIpc) is 2.70. The van der Waals surface area contributed by atoms with Crippen LogP contribution in [0.4, 0.5) is 5.00 Å². The normalized spacial score (nSPS) is 21.9. The maximum absolute atomic E-state index is 11.8. The Morgan fingerprint density at radius 3 is 3.06 bits per heavy atom. The van der Waals surface area contributed by atoms with Gasteiger partial charge in [0.1, 0.15) is 5.00 Å². The van der Waals surface area contributed by atoms with Crippen LogP contribution < -0.4 is 10.0 Å². The minimum Gasteiger partial charge on any atom is -0.316 e. The lowest BCUT2D eigenvalue weighted by atomic mass is 10.0. The molecular formula is C10H16N2O2S2. The van der Waals surface area contributed by atoms with Crippen molar-refractivity contribution in [2.75, 3.05) is 23.6 Å². The zero-order valence-electron chi connectivity index (χ0n) is 8.98. The van der Waals surface area contributed by atoms with E-state index < -0.39 is 10.0 Å². The SMILES string of the molecule is O=S(=O)(CC1CCCNC1)Nc1cccs1. The number of rotatable bonds is 4. The van der Waals surface area contributed by atoms with E-state index in [-0.39, 0.29) is 11.7 Å². The summed E-state index contributed by atoms with van der Waals surface area (Å²) in [6.45, 7) is 1.82. The van der Waals surface area contributed by atoms with E-state index in [1.54, 1.807) is 6.07 Å². The van der Waals surface area contributed by atoms with Gasteiger partial charge < -0.3 is 5.32 Å². The fourth-order valence-electron chi connectivity index (χ4n) is 1.91. The molecule has 1 aliphatic rings. The van der Waals surface area contributed by atoms with Crippen LogP contribution in [0.3, 0.4) is 0 Å². The Morgan fingerprint density at radius 2 is 2.44 bits per heavy atom. The highest BCUT2D eigenvalue weighted by Crippen LogP contribution is 2.19. The van der Waals surface area contributed by atoms with Crippen LogP contribution in [0.25, 0.3) is 0 Å². The van der Waals surface area contributed by atoms with Gasteiger partial charge in [0, 0.05) is 0 Å². The monoisotopic (exact) mass is 260 g/mol. The fourth-order valence-corrected chi connectivity index (χ4v) is 4.31. The van der Waals surface area contributed by atoms with E-state index in [4.69, 9.17) is 0 Å². The number of piperidine rings is 1. The number of thiophene rings is 1. The van der Waals surface area contributed by atoms with Crippen LogP contribution >= 0.6 is 11.3 Å². The summed E-state index contributed by atoms with van der Waals surface area (Å²) >= 11 is 1.41. The van der Waals surface area contributed by atoms with Crippen molar-refractivity contribution >= 4 is 26.4 Å². The molecule has 1 aromatic rings. The van der Waals surface area contributed by atoms with Crippen molar-refractivity contribution < 1.29 is 8.42 Å². The van der Waals surface area contributed by atoms with Gasteiger partial charge in [-0.25, -0.2) is 8.42 Å². The molecule has 90 valence electrons. The second-order valence-electron chi connectivity index (χ2n) is 4.07. The van der Waals surface area contributed by atoms with Crippen LogP contribution in [0.15, 0.2) is 17.5 Å². The molecule has 2 rings (SSSR count). The zero-order valence-corrected chi connectivity index (χ0v) is 10.6. The second-order valence-corrected chi connectivity index (χ2v) is 6.79. The number of anilines is 1. The van der Waals surface area contributed by atoms with Gasteiger partial charge in [-0.3, -0.25) is 4.72 Å². The number of nitrogens with one attached hydrogen (secondary N) is 2. The van der Waals surface area contributed by atoms with E-state index in [1.165, 1.54) is 11.3 Å². The van der Waals surface area contributed by atoms with E-state index in [1.807, 2.05) is 11.4 Å². The third-order valence-electron chi connectivity index (χ3n) is 2.63. The molecule has 1 atom stereocenters. The molecule has 0 saturated carbocycles. The lowest BCUT2D eigenvalue weighted by Crippen LogP contribution is -2.35. The van der Waals surface area contributed by atoms with Gasteiger partial charge in [0.25, 0.3) is 0 Å². The Kier molecular flexibility index (Phi) is 3.83. The lowest BCUT2D eigenvalue weighted by molar-refractivity contribution is 0.404. The van der Waals surface area contributed by atoms with Crippen molar-refractivity contribution in [2.45, 2.75) is 12.8 Å². The standard InChI is InChI=1S/C10H16N2O2S2/c13-16(14,12-10-4-2-6-15-10)8-9-3-1-5-11-7-9/h2,4,6,9,11-12H,1,3,5,7-8H2. The molecule has 1 unspecified atom stereocenters. The Bertz CT molecular complexity index is 408. The molecule has 1 fully saturated rings. The van der Waals surface area contributed by atoms with Crippen molar-refractivity contribution in [3.63, 3.8) is 0 Å². The highest BCUT2D eigenvalue weighted by Gasteiger charge is 2.21. The summed E-state index contributed by atoms with van der Waals surface area (Å²) in [6.07, 6.45) is 2.07. The first-order valence-electron chi connectivity index (χ1n) is 5.40. The van der Waals surface area contributed by atoms with Gasteiger partial charge in [0.15, 0.2) is 0 Å². The van der Waals surface area contributed by atoms with Crippen molar-refractivity contribution in [1.82, 2.24) is 5.32 Å². The molecule has 0 aromatic carbocycles. The molecule has 2 heterocycles. The van der Waals surface area contributed by atoms with E-state index in [9.17, 15) is 8.42 Å². The Hall–Kier alpha value is -0.590. The minimum atomic E-state index is -3.18. The molecule has 1 saturated heterocycles. The molecule has 0 bridgehead atoms. The van der Waals surface area contributed by atoms with Crippen LogP contribution in [-0.2, 0) is 10.0 Å². The third-order valence-corrected chi connectivity index (χ3v) is 4.99. The van der Waals surface area contributed by atoms with Gasteiger partial charge in [0.05, 0.1) is 5.75 Å². The molecular weight excluding hydrogens is 244 g/mol. The lowest BCUT2D eigenvalue weighted by Gasteiger charge is -2.22.